The first kappa shape index (κ1) is 45.6. The fourth-order valence-corrected chi connectivity index (χ4v) is 3.94. The van der Waals surface area contributed by atoms with Gasteiger partial charge in [-0.25, -0.2) is 0 Å². The Kier molecular flexibility index (Phi) is 42.2. The molecule has 0 N–H and O–H groups in total. The standard InChI is InChI=1S/C35H72O11/c1-4-6-7-8-9-10-11-12-13-36-14-15-37-16-17-38-18-19-39-20-21-40-22-23-41-24-25-42-26-27-43-28-29-44-30-31-45-32-33-46-34-35(3)5-2/h35H,4-34H2,1-3H3. The first-order chi connectivity index (χ1) is 22.8. The van der Waals surface area contributed by atoms with Crippen molar-refractivity contribution in [3.8, 4) is 0 Å². The highest BCUT2D eigenvalue weighted by atomic mass is 16.6. The molecule has 0 spiro atoms. The van der Waals surface area contributed by atoms with Gasteiger partial charge in [0, 0.05) is 13.2 Å². The van der Waals surface area contributed by atoms with E-state index in [-0.39, 0.29) is 0 Å². The maximum atomic E-state index is 5.62. The Morgan fingerprint density at radius 1 is 0.283 bits per heavy atom. The third-order valence-electron chi connectivity index (χ3n) is 6.96. The van der Waals surface area contributed by atoms with Crippen molar-refractivity contribution in [1.82, 2.24) is 0 Å². The minimum Gasteiger partial charge on any atom is -0.379 e. The van der Waals surface area contributed by atoms with Gasteiger partial charge < -0.3 is 52.1 Å². The second-order valence-corrected chi connectivity index (χ2v) is 11.2. The molecule has 0 aromatic carbocycles. The molecule has 11 nitrogen and oxygen atoms in total. The molecule has 0 aliphatic rings. The molecule has 0 bridgehead atoms. The SMILES string of the molecule is CCCCCCCCCCOCCOCCOCCOCCOCCOCCOCCOCCOCCOCCOCC(C)CC. The van der Waals surface area contributed by atoms with Crippen LogP contribution in [0.2, 0.25) is 0 Å². The molecule has 0 fully saturated rings. The maximum absolute atomic E-state index is 5.62. The van der Waals surface area contributed by atoms with Crippen molar-refractivity contribution < 1.29 is 52.1 Å². The molecule has 0 heterocycles. The average Bonchev–Trinajstić information content (AvgIpc) is 3.07. The van der Waals surface area contributed by atoms with Gasteiger partial charge in [-0.3, -0.25) is 0 Å². The summed E-state index contributed by atoms with van der Waals surface area (Å²) in [4.78, 5) is 0. The lowest BCUT2D eigenvalue weighted by atomic mass is 10.1. The molecule has 278 valence electrons. The number of hydrogen-bond donors (Lipinski definition) is 0. The minimum absolute atomic E-state index is 0.527. The van der Waals surface area contributed by atoms with Gasteiger partial charge in [0.1, 0.15) is 0 Å². The highest BCUT2D eigenvalue weighted by Crippen LogP contribution is 2.08. The van der Waals surface area contributed by atoms with Gasteiger partial charge in [-0.15, -0.1) is 0 Å². The second kappa shape index (κ2) is 42.6. The molecule has 0 amide bonds. The second-order valence-electron chi connectivity index (χ2n) is 11.2. The van der Waals surface area contributed by atoms with Crippen molar-refractivity contribution >= 4 is 0 Å². The zero-order chi connectivity index (χ0) is 33.3. The van der Waals surface area contributed by atoms with Crippen molar-refractivity contribution in [3.63, 3.8) is 0 Å². The van der Waals surface area contributed by atoms with Crippen LogP contribution in [-0.4, -0.2) is 145 Å². The lowest BCUT2D eigenvalue weighted by Crippen LogP contribution is -2.15. The zero-order valence-corrected chi connectivity index (χ0v) is 30.0. The molecule has 0 aliphatic carbocycles. The van der Waals surface area contributed by atoms with E-state index < -0.39 is 0 Å². The summed E-state index contributed by atoms with van der Waals surface area (Å²) in [5, 5.41) is 0. The molecule has 1 unspecified atom stereocenters. The minimum atomic E-state index is 0.527. The van der Waals surface area contributed by atoms with Crippen LogP contribution in [0.5, 0.6) is 0 Å². The molecule has 0 rings (SSSR count). The lowest BCUT2D eigenvalue weighted by molar-refractivity contribution is -0.0278. The number of rotatable bonds is 42. The third-order valence-corrected chi connectivity index (χ3v) is 6.96. The normalized spacial score (nSPS) is 12.3. The summed E-state index contributed by atoms with van der Waals surface area (Å²) in [6.07, 6.45) is 11.7. The Bertz CT molecular complexity index is 531. The van der Waals surface area contributed by atoms with E-state index >= 15 is 0 Å². The molecular weight excluding hydrogens is 596 g/mol. The molecule has 0 saturated carbocycles. The molecule has 0 aromatic heterocycles. The highest BCUT2D eigenvalue weighted by molar-refractivity contribution is 4.47. The third kappa shape index (κ3) is 41.6. The molecular formula is C35H72O11. The quantitative estimate of drug-likeness (QED) is 0.0787. The summed E-state index contributed by atoms with van der Waals surface area (Å²) < 4.78 is 60.6. The molecule has 0 aromatic rings. The molecule has 0 aliphatic heterocycles. The van der Waals surface area contributed by atoms with E-state index in [2.05, 4.69) is 20.8 Å². The van der Waals surface area contributed by atoms with Gasteiger partial charge in [0.2, 0.25) is 0 Å². The largest absolute Gasteiger partial charge is 0.379 e. The Morgan fingerprint density at radius 3 is 0.804 bits per heavy atom. The van der Waals surface area contributed by atoms with E-state index in [1.54, 1.807) is 0 Å². The zero-order valence-electron chi connectivity index (χ0n) is 30.0. The van der Waals surface area contributed by atoms with Gasteiger partial charge in [0.25, 0.3) is 0 Å². The van der Waals surface area contributed by atoms with Gasteiger partial charge in [-0.05, 0) is 12.3 Å². The Hall–Kier alpha value is -0.440. The summed E-state index contributed by atoms with van der Waals surface area (Å²) in [5.74, 6) is 0.601. The fraction of sp³-hybridized carbons (Fsp3) is 1.00. The van der Waals surface area contributed by atoms with E-state index in [1.165, 1.54) is 44.9 Å². The summed E-state index contributed by atoms with van der Waals surface area (Å²) in [6.45, 7) is 19.4. The molecule has 46 heavy (non-hydrogen) atoms. The van der Waals surface area contributed by atoms with Crippen molar-refractivity contribution in [2.45, 2.75) is 78.6 Å². The van der Waals surface area contributed by atoms with Crippen molar-refractivity contribution in [1.29, 1.82) is 0 Å². The summed E-state index contributed by atoms with van der Waals surface area (Å²) in [6, 6.07) is 0. The average molecular weight is 669 g/mol. The van der Waals surface area contributed by atoms with E-state index in [4.69, 9.17) is 52.1 Å². The van der Waals surface area contributed by atoms with Crippen molar-refractivity contribution in [2.24, 2.45) is 5.92 Å². The Labute approximate surface area is 281 Å². The highest BCUT2D eigenvalue weighted by Gasteiger charge is 1.99. The van der Waals surface area contributed by atoms with Crippen LogP contribution in [0.15, 0.2) is 0 Å². The molecule has 1 atom stereocenters. The number of hydrogen-bond acceptors (Lipinski definition) is 11. The van der Waals surface area contributed by atoms with E-state index in [1.807, 2.05) is 0 Å². The topological polar surface area (TPSA) is 102 Å². The number of unbranched alkanes of at least 4 members (excludes halogenated alkanes) is 7. The fourth-order valence-electron chi connectivity index (χ4n) is 3.94. The van der Waals surface area contributed by atoms with E-state index in [9.17, 15) is 0 Å². The van der Waals surface area contributed by atoms with Gasteiger partial charge in [0.15, 0.2) is 0 Å². The smallest absolute Gasteiger partial charge is 0.0701 e. The molecule has 0 radical (unpaired) electrons. The van der Waals surface area contributed by atoms with Gasteiger partial charge in [0.05, 0.1) is 132 Å². The monoisotopic (exact) mass is 669 g/mol. The first-order valence-electron chi connectivity index (χ1n) is 18.2. The molecule has 0 saturated heterocycles. The van der Waals surface area contributed by atoms with Crippen molar-refractivity contribution in [2.75, 3.05) is 145 Å². The predicted octanol–water partition coefficient (Wildman–Crippen LogP) is 5.36. The summed E-state index contributed by atoms with van der Waals surface area (Å²) in [5.41, 5.74) is 0. The Morgan fingerprint density at radius 2 is 0.522 bits per heavy atom. The first-order valence-corrected chi connectivity index (χ1v) is 18.2. The van der Waals surface area contributed by atoms with Crippen LogP contribution < -0.4 is 0 Å². The number of ether oxygens (including phenoxy) is 11. The van der Waals surface area contributed by atoms with Crippen LogP contribution in [0.1, 0.15) is 78.6 Å². The van der Waals surface area contributed by atoms with Crippen LogP contribution in [-0.2, 0) is 52.1 Å². The summed E-state index contributed by atoms with van der Waals surface area (Å²) >= 11 is 0. The van der Waals surface area contributed by atoms with E-state index in [0.717, 1.165) is 26.1 Å². The van der Waals surface area contributed by atoms with Crippen LogP contribution >= 0.6 is 0 Å². The molecule has 11 heteroatoms. The van der Waals surface area contributed by atoms with Crippen LogP contribution in [0, 0.1) is 5.92 Å². The predicted molar refractivity (Wildman–Crippen MR) is 181 cm³/mol. The lowest BCUT2D eigenvalue weighted by Gasteiger charge is -2.10. The Balaban J connectivity index is 3.04. The van der Waals surface area contributed by atoms with E-state index in [0.29, 0.717) is 138 Å². The summed E-state index contributed by atoms with van der Waals surface area (Å²) in [7, 11) is 0. The van der Waals surface area contributed by atoms with Crippen molar-refractivity contribution in [3.05, 3.63) is 0 Å². The van der Waals surface area contributed by atoms with Crippen LogP contribution in [0.4, 0.5) is 0 Å². The van der Waals surface area contributed by atoms with Gasteiger partial charge in [-0.1, -0.05) is 72.1 Å². The van der Waals surface area contributed by atoms with Crippen LogP contribution in [0.25, 0.3) is 0 Å². The maximum Gasteiger partial charge on any atom is 0.0701 e. The van der Waals surface area contributed by atoms with Crippen LogP contribution in [0.3, 0.4) is 0 Å². The van der Waals surface area contributed by atoms with Gasteiger partial charge in [-0.2, -0.15) is 0 Å². The van der Waals surface area contributed by atoms with Gasteiger partial charge >= 0.3 is 0 Å².